The number of nitrogens with zero attached hydrogens (tertiary/aromatic N) is 8. The average molecular weight is 1080 g/mol. The van der Waals surface area contributed by atoms with E-state index in [2.05, 4.69) is 231 Å². The number of hydrogen-bond acceptors (Lipinski definition) is 6. The molecule has 5 heterocycles. The smallest absolute Gasteiger partial charge is 0.357 e. The Morgan fingerprint density at radius 2 is 0.691 bits per heavy atom. The van der Waals surface area contributed by atoms with E-state index < -0.39 is 0 Å². The molecule has 381 valence electrons. The van der Waals surface area contributed by atoms with Crippen molar-refractivity contribution in [2.45, 2.75) is 12.8 Å². The van der Waals surface area contributed by atoms with Gasteiger partial charge < -0.3 is 29.9 Å². The van der Waals surface area contributed by atoms with E-state index in [4.69, 9.17) is 39.9 Å². The number of benzene rings is 11. The summed E-state index contributed by atoms with van der Waals surface area (Å²) in [5, 5.41) is 9.91. The van der Waals surface area contributed by atoms with Crippen LogP contribution in [0.2, 0.25) is 0 Å². The van der Waals surface area contributed by atoms with Crippen molar-refractivity contribution in [3.8, 4) is 90.1 Å². The fourth-order valence-corrected chi connectivity index (χ4v) is 12.8. The number of fused-ring (bicyclic) bond motifs is 24. The van der Waals surface area contributed by atoms with Crippen molar-refractivity contribution in [2.75, 3.05) is 0 Å². The fraction of sp³-hybridized carbons (Fsp3) is 0.0278. The maximum absolute atomic E-state index is 5.71. The van der Waals surface area contributed by atoms with Crippen LogP contribution in [0.15, 0.2) is 224 Å². The molecule has 3 aromatic heterocycles. The molecule has 1 radical (unpaired) electrons. The van der Waals surface area contributed by atoms with Gasteiger partial charge in [0.15, 0.2) is 0 Å². The van der Waals surface area contributed by atoms with E-state index in [-0.39, 0.29) is 17.1 Å². The van der Waals surface area contributed by atoms with Crippen molar-refractivity contribution < 1.29 is 17.1 Å². The molecular formula is C72H42CuN8. The molecule has 3 aliphatic rings. The van der Waals surface area contributed by atoms with Gasteiger partial charge in [-0.3, -0.25) is 0 Å². The van der Waals surface area contributed by atoms with Gasteiger partial charge in [-0.1, -0.05) is 206 Å². The van der Waals surface area contributed by atoms with Crippen LogP contribution in [0.5, 0.6) is 0 Å². The average Bonchev–Trinajstić information content (AvgIpc) is 4.40. The molecule has 2 aliphatic heterocycles. The number of rotatable bonds is 4. The largest absolute Gasteiger partial charge is 2.00 e. The van der Waals surface area contributed by atoms with E-state index in [1.807, 2.05) is 0 Å². The molecule has 8 bridgehead atoms. The molecule has 0 atom stereocenters. The summed E-state index contributed by atoms with van der Waals surface area (Å²) in [4.78, 5) is 45.1. The van der Waals surface area contributed by atoms with E-state index in [0.29, 0.717) is 45.9 Å². The molecule has 81 heavy (non-hydrogen) atoms. The third-order valence-electron chi connectivity index (χ3n) is 16.3. The van der Waals surface area contributed by atoms with Gasteiger partial charge in [0.05, 0.1) is 23.3 Å². The fourth-order valence-electron chi connectivity index (χ4n) is 12.8. The van der Waals surface area contributed by atoms with Crippen LogP contribution in [0, 0.1) is 0 Å². The Morgan fingerprint density at radius 1 is 0.309 bits per heavy atom. The van der Waals surface area contributed by atoms with Gasteiger partial charge in [0, 0.05) is 55.6 Å². The molecule has 14 aromatic rings. The normalized spacial score (nSPS) is 12.4. The molecule has 0 amide bonds. The third kappa shape index (κ3) is 7.29. The summed E-state index contributed by atoms with van der Waals surface area (Å²) in [5.74, 6) is 2.00. The molecular weight excluding hydrogens is 1040 g/mol. The van der Waals surface area contributed by atoms with Gasteiger partial charge >= 0.3 is 17.1 Å². The molecule has 0 spiro atoms. The first-order chi connectivity index (χ1) is 39.7. The minimum absolute atomic E-state index is 0. The second-order valence-electron chi connectivity index (χ2n) is 20.8. The van der Waals surface area contributed by atoms with Crippen molar-refractivity contribution in [1.82, 2.24) is 39.9 Å². The quantitative estimate of drug-likeness (QED) is 0.161. The number of aryl methyl sites for hydroxylation is 1. The predicted octanol–water partition coefficient (Wildman–Crippen LogP) is 17.2. The maximum atomic E-state index is 5.71. The zero-order valence-corrected chi connectivity index (χ0v) is 44.2. The first-order valence-electron chi connectivity index (χ1n) is 27.1. The molecule has 8 nitrogen and oxygen atoms in total. The Bertz CT molecular complexity index is 5170. The van der Waals surface area contributed by atoms with E-state index in [0.717, 1.165) is 139 Å². The third-order valence-corrected chi connectivity index (χ3v) is 16.3. The summed E-state index contributed by atoms with van der Waals surface area (Å²) in [6, 6.07) is 76.8. The minimum Gasteiger partial charge on any atom is -0.357 e. The van der Waals surface area contributed by atoms with Gasteiger partial charge in [-0.25, -0.2) is 9.97 Å². The van der Waals surface area contributed by atoms with Crippen LogP contribution in [0.25, 0.3) is 173 Å². The standard InChI is InChI=1S/C72H42N8.Cu/c1-5-21-41(22-6-1)57-49-33-17-13-29-45(49)37-53-61(57)69-73-65(53)78-70-63-55(39-47-31-15-19-35-51(47)59(63)43-25-9-3-10-26-43)67(75-70)80-72-64-56(40-48-32-16-20-36-52(48)60(64)44-27-11-4-12-28-44)68(76-72)79-71-62-54(66(74-71)77-69)38-46-30-14-18-34-50(46)58(62)42-23-7-2-8-24-42;/h1-15,17-31,33-40H,16,32H2;/q-2;+2. The summed E-state index contributed by atoms with van der Waals surface area (Å²) in [5.41, 5.74) is 16.2. The van der Waals surface area contributed by atoms with Crippen molar-refractivity contribution in [2.24, 2.45) is 0 Å². The van der Waals surface area contributed by atoms with E-state index in [9.17, 15) is 0 Å². The first kappa shape index (κ1) is 46.9. The summed E-state index contributed by atoms with van der Waals surface area (Å²) >= 11 is 0. The van der Waals surface area contributed by atoms with Gasteiger partial charge in [-0.15, -0.1) is 0 Å². The maximum Gasteiger partial charge on any atom is 2.00 e. The van der Waals surface area contributed by atoms with Crippen LogP contribution in [0.4, 0.5) is 0 Å². The molecule has 17 rings (SSSR count). The van der Waals surface area contributed by atoms with Crippen LogP contribution >= 0.6 is 0 Å². The Labute approximate surface area is 475 Å². The van der Waals surface area contributed by atoms with Gasteiger partial charge in [-0.05, 0) is 136 Å². The van der Waals surface area contributed by atoms with Crippen molar-refractivity contribution in [3.05, 3.63) is 236 Å². The zero-order valence-electron chi connectivity index (χ0n) is 43.2. The van der Waals surface area contributed by atoms with Crippen LogP contribution in [-0.2, 0) is 23.5 Å². The topological polar surface area (TPSA) is 106 Å². The Morgan fingerprint density at radius 3 is 1.19 bits per heavy atom. The van der Waals surface area contributed by atoms with Crippen LogP contribution in [0.1, 0.15) is 17.5 Å². The summed E-state index contributed by atoms with van der Waals surface area (Å²) < 4.78 is 0. The number of allylic oxidation sites excluding steroid dienone is 1. The van der Waals surface area contributed by atoms with Crippen molar-refractivity contribution >= 4 is 82.5 Å². The first-order valence-corrected chi connectivity index (χ1v) is 27.1. The minimum atomic E-state index is 0. The molecule has 0 saturated carbocycles. The molecule has 0 fully saturated rings. The Hall–Kier alpha value is -10.2. The van der Waals surface area contributed by atoms with Crippen LogP contribution < -0.4 is 9.97 Å². The monoisotopic (exact) mass is 1080 g/mol. The molecule has 0 N–H and O–H groups in total. The molecule has 9 heteroatoms. The molecule has 0 saturated heterocycles. The summed E-state index contributed by atoms with van der Waals surface area (Å²) in [6.45, 7) is 0. The Kier molecular flexibility index (Phi) is 10.7. The second kappa shape index (κ2) is 18.5. The zero-order chi connectivity index (χ0) is 52.4. The van der Waals surface area contributed by atoms with Crippen molar-refractivity contribution in [1.29, 1.82) is 0 Å². The van der Waals surface area contributed by atoms with Gasteiger partial charge in [0.25, 0.3) is 0 Å². The van der Waals surface area contributed by atoms with Gasteiger partial charge in [-0.2, -0.15) is 0 Å². The number of aromatic nitrogens is 8. The molecule has 1 aliphatic carbocycles. The van der Waals surface area contributed by atoms with Gasteiger partial charge in [0.1, 0.15) is 0 Å². The van der Waals surface area contributed by atoms with Gasteiger partial charge in [0.2, 0.25) is 0 Å². The summed E-state index contributed by atoms with van der Waals surface area (Å²) in [7, 11) is 0. The van der Waals surface area contributed by atoms with E-state index in [1.165, 1.54) is 5.56 Å². The van der Waals surface area contributed by atoms with Crippen LogP contribution in [-0.4, -0.2) is 29.9 Å². The SMILES string of the molecule is C1=Cc2c(cc3c4nc5nc(nc6[n-]c(nc7nc(nc([n-]4)c3c2-c2ccccc2)-c2cc3ccccc3c(-c3ccccc3)c2-7)c2cc3ccccc3c(-c3ccccc3)c62)-c2cc3ccccc3c(-c3ccccc3)c2-5)CC1.[Cu+2]. The van der Waals surface area contributed by atoms with E-state index >= 15 is 0 Å². The second-order valence-corrected chi connectivity index (χ2v) is 20.8. The Balaban J connectivity index is 0.00000542. The molecule has 11 aromatic carbocycles. The number of hydrogen-bond donors (Lipinski definition) is 0. The van der Waals surface area contributed by atoms with Crippen molar-refractivity contribution in [3.63, 3.8) is 0 Å². The van der Waals surface area contributed by atoms with Crippen LogP contribution in [0.3, 0.4) is 0 Å². The molecule has 0 unspecified atom stereocenters. The summed E-state index contributed by atoms with van der Waals surface area (Å²) in [6.07, 6.45) is 6.35. The van der Waals surface area contributed by atoms with E-state index in [1.54, 1.807) is 0 Å². The predicted molar refractivity (Wildman–Crippen MR) is 326 cm³/mol.